The highest BCUT2D eigenvalue weighted by Crippen LogP contribution is 2.29. The number of phenols is 1. The molecule has 5 nitrogen and oxygen atoms in total. The van der Waals surface area contributed by atoms with E-state index >= 15 is 0 Å². The molecule has 0 spiro atoms. The number of methoxy groups -OCH3 is 2. The summed E-state index contributed by atoms with van der Waals surface area (Å²) < 4.78 is 9.60. The molecule has 1 aromatic carbocycles. The lowest BCUT2D eigenvalue weighted by atomic mass is 10.0. The van der Waals surface area contributed by atoms with Gasteiger partial charge in [0.25, 0.3) is 0 Å². The van der Waals surface area contributed by atoms with Crippen molar-refractivity contribution >= 4 is 18.4 Å². The standard InChI is InChI=1S/C11H15NO4.ClH/c1-15-10-5-7(13)3-4-8(10)9(12)6-11(14)16-2;/h3-5,9,13H,6,12H2,1-2H3;1H/t9-;/m1./s1. The number of carbonyl (C=O) groups excluding carboxylic acids is 1. The molecule has 0 aliphatic carbocycles. The summed E-state index contributed by atoms with van der Waals surface area (Å²) in [7, 11) is 2.78. The van der Waals surface area contributed by atoms with Crippen LogP contribution >= 0.6 is 12.4 Å². The Kier molecular flexibility index (Phi) is 6.38. The summed E-state index contributed by atoms with van der Waals surface area (Å²) in [4.78, 5) is 11.1. The van der Waals surface area contributed by atoms with Crippen LogP contribution in [0.5, 0.6) is 11.5 Å². The highest BCUT2D eigenvalue weighted by atomic mass is 35.5. The van der Waals surface area contributed by atoms with Crippen LogP contribution in [0, 0.1) is 0 Å². The number of phenolic OH excluding ortho intramolecular Hbond substituents is 1. The Labute approximate surface area is 106 Å². The second-order valence-electron chi connectivity index (χ2n) is 3.31. The lowest BCUT2D eigenvalue weighted by molar-refractivity contribution is -0.141. The Morgan fingerprint density at radius 1 is 1.47 bits per heavy atom. The number of nitrogens with two attached hydrogens (primary N) is 1. The molecule has 6 heteroatoms. The number of esters is 1. The molecule has 96 valence electrons. The van der Waals surface area contributed by atoms with E-state index in [0.717, 1.165) is 0 Å². The zero-order chi connectivity index (χ0) is 12.1. The van der Waals surface area contributed by atoms with Crippen LogP contribution in [-0.2, 0) is 9.53 Å². The summed E-state index contributed by atoms with van der Waals surface area (Å²) in [5, 5.41) is 9.27. The van der Waals surface area contributed by atoms with Crippen LogP contribution in [0.2, 0.25) is 0 Å². The highest BCUT2D eigenvalue weighted by Gasteiger charge is 2.16. The molecule has 17 heavy (non-hydrogen) atoms. The molecule has 0 aliphatic rings. The molecule has 0 aliphatic heterocycles. The first kappa shape index (κ1) is 15.5. The summed E-state index contributed by atoms with van der Waals surface area (Å²) in [6.45, 7) is 0. The normalized spacial score (nSPS) is 11.2. The van der Waals surface area contributed by atoms with E-state index in [0.29, 0.717) is 11.3 Å². The summed E-state index contributed by atoms with van der Waals surface area (Å²) in [6, 6.07) is 4.06. The van der Waals surface area contributed by atoms with E-state index in [-0.39, 0.29) is 30.5 Å². The fourth-order valence-corrected chi connectivity index (χ4v) is 1.38. The molecule has 0 fully saturated rings. The van der Waals surface area contributed by atoms with E-state index in [1.54, 1.807) is 6.07 Å². The average molecular weight is 262 g/mol. The zero-order valence-corrected chi connectivity index (χ0v) is 10.5. The third-order valence-corrected chi connectivity index (χ3v) is 2.23. The van der Waals surface area contributed by atoms with E-state index < -0.39 is 6.04 Å². The van der Waals surface area contributed by atoms with Crippen molar-refractivity contribution in [2.24, 2.45) is 5.73 Å². The minimum absolute atomic E-state index is 0. The molecule has 0 radical (unpaired) electrons. The minimum atomic E-state index is -0.511. The fraction of sp³-hybridized carbons (Fsp3) is 0.364. The Hall–Kier alpha value is -1.46. The Morgan fingerprint density at radius 3 is 2.65 bits per heavy atom. The molecule has 1 aromatic rings. The Bertz CT molecular complexity index is 384. The first-order chi connectivity index (χ1) is 7.58. The number of hydrogen-bond acceptors (Lipinski definition) is 5. The predicted molar refractivity (Wildman–Crippen MR) is 65.5 cm³/mol. The van der Waals surface area contributed by atoms with Crippen LogP contribution in [0.3, 0.4) is 0 Å². The molecule has 0 heterocycles. The molecule has 0 bridgehead atoms. The monoisotopic (exact) mass is 261 g/mol. The maximum atomic E-state index is 11.1. The third-order valence-electron chi connectivity index (χ3n) is 2.23. The fourth-order valence-electron chi connectivity index (χ4n) is 1.38. The first-order valence-corrected chi connectivity index (χ1v) is 4.77. The minimum Gasteiger partial charge on any atom is -0.508 e. The number of aromatic hydroxyl groups is 1. The second kappa shape index (κ2) is 6.98. The van der Waals surface area contributed by atoms with Crippen LogP contribution in [0.15, 0.2) is 18.2 Å². The molecule has 1 rings (SSSR count). The highest BCUT2D eigenvalue weighted by molar-refractivity contribution is 5.85. The number of ether oxygens (including phenoxy) is 2. The van der Waals surface area contributed by atoms with Crippen LogP contribution in [-0.4, -0.2) is 25.3 Å². The summed E-state index contributed by atoms with van der Waals surface area (Å²) in [5.41, 5.74) is 6.49. The van der Waals surface area contributed by atoms with Crippen molar-refractivity contribution in [1.82, 2.24) is 0 Å². The van der Waals surface area contributed by atoms with Gasteiger partial charge in [0.15, 0.2) is 0 Å². The molecular formula is C11H16ClNO4. The van der Waals surface area contributed by atoms with Crippen LogP contribution in [0.25, 0.3) is 0 Å². The van der Waals surface area contributed by atoms with E-state index in [2.05, 4.69) is 4.74 Å². The summed E-state index contributed by atoms with van der Waals surface area (Å²) >= 11 is 0. The van der Waals surface area contributed by atoms with Crippen molar-refractivity contribution in [3.8, 4) is 11.5 Å². The van der Waals surface area contributed by atoms with Gasteiger partial charge in [0, 0.05) is 17.7 Å². The van der Waals surface area contributed by atoms with Crippen molar-refractivity contribution in [3.05, 3.63) is 23.8 Å². The van der Waals surface area contributed by atoms with Gasteiger partial charge in [0.05, 0.1) is 20.6 Å². The lowest BCUT2D eigenvalue weighted by Crippen LogP contribution is -2.17. The van der Waals surface area contributed by atoms with Crippen molar-refractivity contribution in [2.75, 3.05) is 14.2 Å². The number of benzene rings is 1. The van der Waals surface area contributed by atoms with Gasteiger partial charge in [-0.05, 0) is 6.07 Å². The third kappa shape index (κ3) is 4.13. The van der Waals surface area contributed by atoms with Crippen molar-refractivity contribution in [2.45, 2.75) is 12.5 Å². The van der Waals surface area contributed by atoms with E-state index in [1.165, 1.54) is 26.4 Å². The molecule has 1 atom stereocenters. The van der Waals surface area contributed by atoms with Gasteiger partial charge in [-0.25, -0.2) is 0 Å². The smallest absolute Gasteiger partial charge is 0.307 e. The maximum absolute atomic E-state index is 11.1. The summed E-state index contributed by atoms with van der Waals surface area (Å²) in [6.07, 6.45) is 0.0671. The molecule has 0 saturated heterocycles. The molecule has 0 unspecified atom stereocenters. The van der Waals surface area contributed by atoms with Gasteiger partial charge in [-0.1, -0.05) is 6.07 Å². The van der Waals surface area contributed by atoms with Crippen LogP contribution in [0.1, 0.15) is 18.0 Å². The average Bonchev–Trinajstić information content (AvgIpc) is 2.28. The van der Waals surface area contributed by atoms with E-state index in [1.807, 2.05) is 0 Å². The van der Waals surface area contributed by atoms with Gasteiger partial charge in [-0.2, -0.15) is 0 Å². The Morgan fingerprint density at radius 2 is 2.12 bits per heavy atom. The van der Waals surface area contributed by atoms with Crippen molar-refractivity contribution in [3.63, 3.8) is 0 Å². The van der Waals surface area contributed by atoms with Gasteiger partial charge in [-0.15, -0.1) is 12.4 Å². The van der Waals surface area contributed by atoms with Gasteiger partial charge in [0.1, 0.15) is 11.5 Å². The molecule has 0 saturated carbocycles. The number of rotatable bonds is 4. The Balaban J connectivity index is 0.00000256. The topological polar surface area (TPSA) is 81.8 Å². The van der Waals surface area contributed by atoms with Gasteiger partial charge in [-0.3, -0.25) is 4.79 Å². The first-order valence-electron chi connectivity index (χ1n) is 4.77. The van der Waals surface area contributed by atoms with Crippen LogP contribution in [0.4, 0.5) is 0 Å². The second-order valence-corrected chi connectivity index (χ2v) is 3.31. The lowest BCUT2D eigenvalue weighted by Gasteiger charge is -2.14. The van der Waals surface area contributed by atoms with Gasteiger partial charge >= 0.3 is 5.97 Å². The number of hydrogen-bond donors (Lipinski definition) is 2. The van der Waals surface area contributed by atoms with Crippen LogP contribution < -0.4 is 10.5 Å². The van der Waals surface area contributed by atoms with E-state index in [9.17, 15) is 9.90 Å². The number of carbonyl (C=O) groups is 1. The zero-order valence-electron chi connectivity index (χ0n) is 9.67. The predicted octanol–water partition coefficient (Wildman–Crippen LogP) is 1.39. The SMILES string of the molecule is COC(=O)C[C@@H](N)c1ccc(O)cc1OC.Cl. The van der Waals surface area contributed by atoms with Gasteiger partial charge < -0.3 is 20.3 Å². The van der Waals surface area contributed by atoms with Crippen molar-refractivity contribution < 1.29 is 19.4 Å². The number of halogens is 1. The largest absolute Gasteiger partial charge is 0.508 e. The molecule has 3 N–H and O–H groups in total. The summed E-state index contributed by atoms with van der Waals surface area (Å²) in [5.74, 6) is 0.157. The maximum Gasteiger partial charge on any atom is 0.307 e. The molecule has 0 aromatic heterocycles. The van der Waals surface area contributed by atoms with E-state index in [4.69, 9.17) is 10.5 Å². The van der Waals surface area contributed by atoms with Gasteiger partial charge in [0.2, 0.25) is 0 Å². The quantitative estimate of drug-likeness (QED) is 0.801. The molecular weight excluding hydrogens is 246 g/mol. The molecule has 0 amide bonds. The van der Waals surface area contributed by atoms with Crippen molar-refractivity contribution in [1.29, 1.82) is 0 Å².